The van der Waals surface area contributed by atoms with E-state index in [9.17, 15) is 0 Å². The van der Waals surface area contributed by atoms with Gasteiger partial charge in [-0.15, -0.1) is 0 Å². The summed E-state index contributed by atoms with van der Waals surface area (Å²) >= 11 is 0. The maximum absolute atomic E-state index is 6.65. The Labute approximate surface area is 196 Å². The molecule has 4 fully saturated rings. The number of hydrogen-bond donors (Lipinski definition) is 0. The molecule has 0 heterocycles. The second kappa shape index (κ2) is 8.72. The molecule has 0 radical (unpaired) electrons. The van der Waals surface area contributed by atoms with Gasteiger partial charge < -0.3 is 14.1 Å². The van der Waals surface area contributed by atoms with E-state index in [1.165, 1.54) is 43.5 Å². The van der Waals surface area contributed by atoms with Crippen molar-refractivity contribution in [3.63, 3.8) is 0 Å². The van der Waals surface area contributed by atoms with Crippen molar-refractivity contribution in [2.75, 3.05) is 14.2 Å². The predicted octanol–water partition coefficient (Wildman–Crippen LogP) is 6.50. The van der Waals surface area contributed by atoms with Crippen molar-refractivity contribution in [3.8, 4) is 0 Å². The van der Waals surface area contributed by atoms with E-state index in [0.29, 0.717) is 29.8 Å². The topological polar surface area (TPSA) is 52.4 Å². The maximum atomic E-state index is 6.65. The lowest BCUT2D eigenvalue weighted by Crippen LogP contribution is -2.58. The highest BCUT2D eigenvalue weighted by molar-refractivity contribution is 6.69. The third kappa shape index (κ3) is 4.08. The van der Waals surface area contributed by atoms with Gasteiger partial charge in [0.1, 0.15) is 14.2 Å². The van der Waals surface area contributed by atoms with Crippen LogP contribution >= 0.6 is 0 Å². The molecule has 8 atom stereocenters. The highest BCUT2D eigenvalue weighted by atomic mass is 28.4. The molecule has 182 valence electrons. The molecule has 4 saturated carbocycles. The fraction of sp³-hybridized carbons (Fsp3) is 0.923. The van der Waals surface area contributed by atoms with Gasteiger partial charge in [0.15, 0.2) is 8.32 Å². The summed E-state index contributed by atoms with van der Waals surface area (Å²) in [6.07, 6.45) is 9.97. The van der Waals surface area contributed by atoms with Gasteiger partial charge in [0, 0.05) is 12.0 Å². The highest BCUT2D eigenvalue weighted by Crippen LogP contribution is 2.67. The minimum Gasteiger partial charge on any atom is -0.415 e. The molecule has 4 rings (SSSR count). The van der Waals surface area contributed by atoms with Gasteiger partial charge in [-0.1, -0.05) is 24.2 Å². The van der Waals surface area contributed by atoms with Gasteiger partial charge >= 0.3 is 0 Å². The molecule has 0 aromatic carbocycles. The number of oxime groups is 2. The number of fused-ring (bicyclic) bond motifs is 5. The van der Waals surface area contributed by atoms with Crippen molar-refractivity contribution in [1.82, 2.24) is 0 Å². The van der Waals surface area contributed by atoms with Crippen molar-refractivity contribution >= 4 is 19.7 Å². The quantitative estimate of drug-likeness (QED) is 0.346. The lowest BCUT2D eigenvalue weighted by atomic mass is 9.44. The van der Waals surface area contributed by atoms with Gasteiger partial charge in [-0.05, 0) is 112 Å². The Balaban J connectivity index is 1.65. The van der Waals surface area contributed by atoms with Crippen LogP contribution in [0.4, 0.5) is 0 Å². The van der Waals surface area contributed by atoms with Crippen LogP contribution in [0.3, 0.4) is 0 Å². The summed E-state index contributed by atoms with van der Waals surface area (Å²) in [5.41, 5.74) is 3.13. The summed E-state index contributed by atoms with van der Waals surface area (Å²) in [6, 6.07) is 0. The van der Waals surface area contributed by atoms with Crippen LogP contribution in [0.25, 0.3) is 0 Å². The molecule has 32 heavy (non-hydrogen) atoms. The van der Waals surface area contributed by atoms with Crippen molar-refractivity contribution in [2.45, 2.75) is 97.9 Å². The molecule has 0 amide bonds. The molecule has 0 bridgehead atoms. The van der Waals surface area contributed by atoms with Crippen LogP contribution in [0.5, 0.6) is 0 Å². The maximum Gasteiger partial charge on any atom is 0.184 e. The highest BCUT2D eigenvalue weighted by Gasteiger charge is 2.63. The smallest absolute Gasteiger partial charge is 0.184 e. The summed E-state index contributed by atoms with van der Waals surface area (Å²) in [6.45, 7) is 14.4. The van der Waals surface area contributed by atoms with Crippen LogP contribution in [0.2, 0.25) is 19.6 Å². The van der Waals surface area contributed by atoms with E-state index in [2.05, 4.69) is 45.6 Å². The Morgan fingerprint density at radius 3 is 2.34 bits per heavy atom. The zero-order valence-electron chi connectivity index (χ0n) is 21.7. The zero-order valence-corrected chi connectivity index (χ0v) is 22.7. The molecule has 4 aliphatic carbocycles. The second-order valence-electron chi connectivity index (χ2n) is 12.6. The van der Waals surface area contributed by atoms with Crippen molar-refractivity contribution in [2.24, 2.45) is 50.7 Å². The normalized spacial score (nSPS) is 45.2. The van der Waals surface area contributed by atoms with E-state index in [0.717, 1.165) is 25.2 Å². The molecule has 3 unspecified atom stereocenters. The van der Waals surface area contributed by atoms with Gasteiger partial charge in [-0.3, -0.25) is 0 Å². The van der Waals surface area contributed by atoms with Crippen molar-refractivity contribution < 1.29 is 14.1 Å². The molecular weight excluding hydrogens is 416 g/mol. The van der Waals surface area contributed by atoms with E-state index in [4.69, 9.17) is 19.3 Å². The van der Waals surface area contributed by atoms with Gasteiger partial charge in [-0.25, -0.2) is 0 Å². The predicted molar refractivity (Wildman–Crippen MR) is 133 cm³/mol. The fourth-order valence-corrected chi connectivity index (χ4v) is 10.1. The van der Waals surface area contributed by atoms with Crippen LogP contribution in [-0.2, 0) is 14.1 Å². The van der Waals surface area contributed by atoms with E-state index >= 15 is 0 Å². The monoisotopic (exact) mass is 462 g/mol. The average molecular weight is 463 g/mol. The largest absolute Gasteiger partial charge is 0.415 e. The Morgan fingerprint density at radius 1 is 0.969 bits per heavy atom. The molecule has 0 saturated heterocycles. The summed E-state index contributed by atoms with van der Waals surface area (Å²) in [5, 5.41) is 9.10. The number of hydrogen-bond acceptors (Lipinski definition) is 5. The second-order valence-corrected chi connectivity index (χ2v) is 17.1. The van der Waals surface area contributed by atoms with Crippen molar-refractivity contribution in [1.29, 1.82) is 0 Å². The average Bonchev–Trinajstić information content (AvgIpc) is 3.04. The first-order valence-corrected chi connectivity index (χ1v) is 16.3. The molecule has 4 aliphatic rings. The van der Waals surface area contributed by atoms with Crippen LogP contribution in [0.1, 0.15) is 72.1 Å². The molecule has 0 spiro atoms. The molecule has 5 nitrogen and oxygen atoms in total. The lowest BCUT2D eigenvalue weighted by Gasteiger charge is -2.60. The fourth-order valence-electron chi connectivity index (χ4n) is 8.78. The van der Waals surface area contributed by atoms with Gasteiger partial charge in [0.2, 0.25) is 0 Å². The Bertz CT molecular complexity index is 763. The Kier molecular flexibility index (Phi) is 6.61. The third-order valence-corrected chi connectivity index (χ3v) is 10.9. The van der Waals surface area contributed by atoms with Crippen LogP contribution in [0.15, 0.2) is 10.3 Å². The van der Waals surface area contributed by atoms with Gasteiger partial charge in [0.25, 0.3) is 0 Å². The first kappa shape index (κ1) is 24.2. The molecular formula is C26H46N2O3Si. The summed E-state index contributed by atoms with van der Waals surface area (Å²) in [7, 11) is 1.83. The molecule has 0 aliphatic heterocycles. The summed E-state index contributed by atoms with van der Waals surface area (Å²) in [4.78, 5) is 10.6. The van der Waals surface area contributed by atoms with Gasteiger partial charge in [0.05, 0.1) is 11.4 Å². The Morgan fingerprint density at radius 2 is 1.69 bits per heavy atom. The van der Waals surface area contributed by atoms with Gasteiger partial charge in [-0.2, -0.15) is 0 Å². The van der Waals surface area contributed by atoms with E-state index in [1.807, 2.05) is 0 Å². The molecule has 0 aromatic heterocycles. The molecule has 6 heteroatoms. The van der Waals surface area contributed by atoms with E-state index in [-0.39, 0.29) is 10.8 Å². The lowest BCUT2D eigenvalue weighted by molar-refractivity contribution is -0.0580. The zero-order chi connectivity index (χ0) is 23.3. The standard InChI is InChI=1S/C26H46N2O3Si/c1-17(31-32(6,7)8)21-11-12-22-20-10-9-18-15-19(27-29-4)13-14-25(18,2)24(20)23(28-30-5)16-26(21,22)3/h17-18,20-22,24H,9-16H2,1-8H3/t17-,18-,20?,21-,22?,24?,25+,26-/m1/s1. The molecule has 0 N–H and O–H groups in total. The SMILES string of the molecule is CON=C1CC[C@]2(C)C3C(=NOC)C[C@@]4(C)C(CC[C@@H]4[C@@H](C)O[Si](C)(C)C)C3CC[C@@H]2C1. The first-order chi connectivity index (χ1) is 15.0. The minimum atomic E-state index is -1.57. The van der Waals surface area contributed by atoms with Crippen molar-refractivity contribution in [3.05, 3.63) is 0 Å². The van der Waals surface area contributed by atoms with E-state index < -0.39 is 8.32 Å². The summed E-state index contributed by atoms with van der Waals surface area (Å²) in [5.74, 6) is 3.31. The number of nitrogens with zero attached hydrogens (tertiary/aromatic N) is 2. The van der Waals surface area contributed by atoms with Crippen LogP contribution in [-0.4, -0.2) is 40.1 Å². The minimum absolute atomic E-state index is 0.262. The first-order valence-electron chi connectivity index (χ1n) is 12.9. The number of rotatable bonds is 5. The van der Waals surface area contributed by atoms with Crippen LogP contribution in [0, 0.1) is 40.4 Å². The molecule has 0 aromatic rings. The Hall–Kier alpha value is -0.883. The third-order valence-electron chi connectivity index (χ3n) is 9.81. The summed E-state index contributed by atoms with van der Waals surface area (Å²) < 4.78 is 6.65. The van der Waals surface area contributed by atoms with Crippen LogP contribution < -0.4 is 0 Å². The van der Waals surface area contributed by atoms with E-state index in [1.54, 1.807) is 14.2 Å².